The van der Waals surface area contributed by atoms with Crippen LogP contribution in [0.1, 0.15) is 13.8 Å². The van der Waals surface area contributed by atoms with E-state index >= 15 is 0 Å². The number of carbonyl (C=O) groups is 2. The highest BCUT2D eigenvalue weighted by atomic mass is 32.2. The standard InChI is InChI=1S/C6H10O4S/c1-4(9-5(2)7)6(8)10-11-3/h4H,1-3H3. The molecular formula is C6H10O4S. The second kappa shape index (κ2) is 5.01. The summed E-state index contributed by atoms with van der Waals surface area (Å²) in [6, 6.07) is 0. The van der Waals surface area contributed by atoms with Crippen molar-refractivity contribution in [3.05, 3.63) is 0 Å². The minimum absolute atomic E-state index is 0.490. The molecule has 5 heteroatoms. The summed E-state index contributed by atoms with van der Waals surface area (Å²) in [5.74, 6) is -1.04. The Morgan fingerprint density at radius 1 is 1.45 bits per heavy atom. The first-order valence-corrected chi connectivity index (χ1v) is 4.14. The fraction of sp³-hybridized carbons (Fsp3) is 0.667. The third-order valence-corrected chi connectivity index (χ3v) is 1.17. The van der Waals surface area contributed by atoms with Gasteiger partial charge in [0.15, 0.2) is 6.10 Å². The van der Waals surface area contributed by atoms with Gasteiger partial charge >= 0.3 is 11.9 Å². The molecular weight excluding hydrogens is 168 g/mol. The predicted molar refractivity (Wildman–Crippen MR) is 40.8 cm³/mol. The highest BCUT2D eigenvalue weighted by Gasteiger charge is 2.16. The molecule has 0 aliphatic rings. The van der Waals surface area contributed by atoms with Crippen molar-refractivity contribution in [3.8, 4) is 0 Å². The Hall–Kier alpha value is -0.710. The fourth-order valence-electron chi connectivity index (χ4n) is 0.447. The molecule has 0 saturated carbocycles. The van der Waals surface area contributed by atoms with E-state index in [1.165, 1.54) is 13.8 Å². The first-order valence-electron chi connectivity index (χ1n) is 2.99. The molecule has 0 heterocycles. The number of ether oxygens (including phenoxy) is 1. The van der Waals surface area contributed by atoms with E-state index in [1.807, 2.05) is 0 Å². The minimum Gasteiger partial charge on any atom is -0.451 e. The molecule has 0 rings (SSSR count). The predicted octanol–water partition coefficient (Wildman–Crippen LogP) is 0.759. The summed E-state index contributed by atoms with van der Waals surface area (Å²) in [7, 11) is 0. The first kappa shape index (κ1) is 10.3. The zero-order chi connectivity index (χ0) is 8.85. The minimum atomic E-state index is -0.819. The van der Waals surface area contributed by atoms with Crippen LogP contribution in [0.3, 0.4) is 0 Å². The maximum atomic E-state index is 10.8. The number of carbonyl (C=O) groups excluding carboxylic acids is 2. The van der Waals surface area contributed by atoms with Gasteiger partial charge in [-0.3, -0.25) is 4.79 Å². The fourth-order valence-corrected chi connectivity index (χ4v) is 0.747. The van der Waals surface area contributed by atoms with Gasteiger partial charge in [-0.15, -0.1) is 0 Å². The van der Waals surface area contributed by atoms with Crippen LogP contribution >= 0.6 is 12.0 Å². The summed E-state index contributed by atoms with van der Waals surface area (Å²) in [5.41, 5.74) is 0. The topological polar surface area (TPSA) is 52.6 Å². The molecule has 4 nitrogen and oxygen atoms in total. The van der Waals surface area contributed by atoms with Gasteiger partial charge in [-0.05, 0) is 6.92 Å². The summed E-state index contributed by atoms with van der Waals surface area (Å²) >= 11 is 0.924. The Bertz CT molecular complexity index is 157. The van der Waals surface area contributed by atoms with Crippen LogP contribution in [-0.4, -0.2) is 24.3 Å². The highest BCUT2D eigenvalue weighted by Crippen LogP contribution is 2.01. The van der Waals surface area contributed by atoms with E-state index in [-0.39, 0.29) is 0 Å². The summed E-state index contributed by atoms with van der Waals surface area (Å²) in [6.45, 7) is 2.70. The van der Waals surface area contributed by atoms with Gasteiger partial charge in [-0.25, -0.2) is 4.79 Å². The SMILES string of the molecule is CSOC(=O)C(C)OC(C)=O. The van der Waals surface area contributed by atoms with Gasteiger partial charge in [0, 0.05) is 13.2 Å². The third-order valence-electron chi connectivity index (χ3n) is 0.840. The van der Waals surface area contributed by atoms with Crippen LogP contribution in [0.5, 0.6) is 0 Å². The van der Waals surface area contributed by atoms with E-state index in [4.69, 9.17) is 0 Å². The molecule has 0 N–H and O–H groups in total. The molecule has 0 aliphatic heterocycles. The van der Waals surface area contributed by atoms with Crippen molar-refractivity contribution >= 4 is 24.0 Å². The molecule has 64 valence electrons. The van der Waals surface area contributed by atoms with Crippen molar-refractivity contribution in [3.63, 3.8) is 0 Å². The lowest BCUT2D eigenvalue weighted by molar-refractivity contribution is -0.158. The van der Waals surface area contributed by atoms with E-state index in [1.54, 1.807) is 6.26 Å². The quantitative estimate of drug-likeness (QED) is 0.471. The average Bonchev–Trinajstić information content (AvgIpc) is 1.86. The van der Waals surface area contributed by atoms with Gasteiger partial charge in [-0.2, -0.15) is 0 Å². The maximum absolute atomic E-state index is 10.8. The zero-order valence-electron chi connectivity index (χ0n) is 6.62. The largest absolute Gasteiger partial charge is 0.451 e. The second-order valence-electron chi connectivity index (χ2n) is 1.82. The zero-order valence-corrected chi connectivity index (χ0v) is 7.44. The maximum Gasteiger partial charge on any atom is 0.359 e. The van der Waals surface area contributed by atoms with Crippen LogP contribution < -0.4 is 0 Å². The van der Waals surface area contributed by atoms with Crippen molar-refractivity contribution < 1.29 is 18.5 Å². The van der Waals surface area contributed by atoms with Crippen LogP contribution in [0.2, 0.25) is 0 Å². The van der Waals surface area contributed by atoms with Gasteiger partial charge in [0.1, 0.15) is 0 Å². The van der Waals surface area contributed by atoms with Gasteiger partial charge < -0.3 is 8.92 Å². The molecule has 0 aromatic carbocycles. The number of rotatable bonds is 3. The lowest BCUT2D eigenvalue weighted by atomic mass is 10.4. The molecule has 0 radical (unpaired) electrons. The summed E-state index contributed by atoms with van der Waals surface area (Å²) in [5, 5.41) is 0. The lowest BCUT2D eigenvalue weighted by Crippen LogP contribution is -2.23. The third kappa shape index (κ3) is 4.66. The summed E-state index contributed by atoms with van der Waals surface area (Å²) in [4.78, 5) is 21.1. The molecule has 0 amide bonds. The summed E-state index contributed by atoms with van der Waals surface area (Å²) in [6.07, 6.45) is 0.790. The molecule has 11 heavy (non-hydrogen) atoms. The number of hydrogen-bond acceptors (Lipinski definition) is 5. The van der Waals surface area contributed by atoms with Crippen molar-refractivity contribution in [1.82, 2.24) is 0 Å². The lowest BCUT2D eigenvalue weighted by Gasteiger charge is -2.08. The molecule has 0 fully saturated rings. The Kier molecular flexibility index (Phi) is 4.69. The van der Waals surface area contributed by atoms with Crippen LogP contribution in [0, 0.1) is 0 Å². The smallest absolute Gasteiger partial charge is 0.359 e. The Morgan fingerprint density at radius 2 is 2.00 bits per heavy atom. The number of hydrogen-bond donors (Lipinski definition) is 0. The molecule has 0 aromatic heterocycles. The second-order valence-corrected chi connectivity index (χ2v) is 2.32. The molecule has 1 unspecified atom stereocenters. The molecule has 0 saturated heterocycles. The van der Waals surface area contributed by atoms with Crippen LogP contribution in [0.15, 0.2) is 0 Å². The van der Waals surface area contributed by atoms with Crippen molar-refractivity contribution in [2.75, 3.05) is 6.26 Å². The van der Waals surface area contributed by atoms with Gasteiger partial charge in [0.2, 0.25) is 0 Å². The van der Waals surface area contributed by atoms with Gasteiger partial charge in [0.05, 0.1) is 12.0 Å². The van der Waals surface area contributed by atoms with E-state index < -0.39 is 18.0 Å². The Labute approximate surface area is 69.4 Å². The normalized spacial score (nSPS) is 11.9. The average molecular weight is 178 g/mol. The highest BCUT2D eigenvalue weighted by molar-refractivity contribution is 7.94. The van der Waals surface area contributed by atoms with E-state index in [0.29, 0.717) is 0 Å². The van der Waals surface area contributed by atoms with Gasteiger partial charge in [-0.1, -0.05) is 0 Å². The summed E-state index contributed by atoms with van der Waals surface area (Å²) < 4.78 is 9.04. The molecule has 0 spiro atoms. The molecule has 0 bridgehead atoms. The van der Waals surface area contributed by atoms with Crippen molar-refractivity contribution in [2.24, 2.45) is 0 Å². The molecule has 1 atom stereocenters. The van der Waals surface area contributed by atoms with Crippen molar-refractivity contribution in [2.45, 2.75) is 20.0 Å². The monoisotopic (exact) mass is 178 g/mol. The van der Waals surface area contributed by atoms with Crippen LogP contribution in [0.25, 0.3) is 0 Å². The first-order chi connectivity index (χ1) is 5.07. The van der Waals surface area contributed by atoms with Crippen molar-refractivity contribution in [1.29, 1.82) is 0 Å². The Morgan fingerprint density at radius 3 is 2.36 bits per heavy atom. The van der Waals surface area contributed by atoms with Crippen LogP contribution in [-0.2, 0) is 18.5 Å². The van der Waals surface area contributed by atoms with E-state index in [0.717, 1.165) is 12.0 Å². The van der Waals surface area contributed by atoms with Gasteiger partial charge in [0.25, 0.3) is 0 Å². The van der Waals surface area contributed by atoms with E-state index in [9.17, 15) is 9.59 Å². The van der Waals surface area contributed by atoms with E-state index in [2.05, 4.69) is 8.92 Å². The Balaban J connectivity index is 3.73. The number of esters is 1. The molecule has 0 aliphatic carbocycles. The van der Waals surface area contributed by atoms with Crippen LogP contribution in [0.4, 0.5) is 0 Å². The molecule has 0 aromatic rings.